The molecule has 14 heavy (non-hydrogen) atoms. The molecule has 0 saturated carbocycles. The van der Waals surface area contributed by atoms with Gasteiger partial charge in [0.1, 0.15) is 5.82 Å². The molecule has 0 aliphatic carbocycles. The van der Waals surface area contributed by atoms with E-state index in [9.17, 15) is 14.5 Å². The Hall–Kier alpha value is -1.53. The van der Waals surface area contributed by atoms with Crippen molar-refractivity contribution in [2.24, 2.45) is 11.5 Å². The van der Waals surface area contributed by atoms with E-state index >= 15 is 0 Å². The summed E-state index contributed by atoms with van der Waals surface area (Å²) in [5, 5.41) is 10.4. The Bertz CT molecular complexity index is 356. The Morgan fingerprint density at radius 1 is 1.57 bits per heavy atom. The Balaban J connectivity index is 3.14. The second-order valence-electron chi connectivity index (χ2n) is 2.81. The fraction of sp³-hybridized carbons (Fsp3) is 0.250. The van der Waals surface area contributed by atoms with Crippen molar-refractivity contribution in [1.29, 1.82) is 0 Å². The van der Waals surface area contributed by atoms with E-state index in [0.717, 1.165) is 18.2 Å². The first-order chi connectivity index (χ1) is 6.56. The van der Waals surface area contributed by atoms with E-state index in [2.05, 4.69) is 0 Å². The SMILES string of the molecule is NCC(N)c1cc([N+](=O)[O-])ccc1F. The average molecular weight is 199 g/mol. The van der Waals surface area contributed by atoms with Gasteiger partial charge in [0.15, 0.2) is 0 Å². The van der Waals surface area contributed by atoms with Crippen molar-refractivity contribution in [3.63, 3.8) is 0 Å². The predicted molar refractivity (Wildman–Crippen MR) is 49.0 cm³/mol. The summed E-state index contributed by atoms with van der Waals surface area (Å²) in [4.78, 5) is 9.78. The van der Waals surface area contributed by atoms with Crippen LogP contribution in [0.15, 0.2) is 18.2 Å². The number of benzene rings is 1. The highest BCUT2D eigenvalue weighted by Crippen LogP contribution is 2.20. The van der Waals surface area contributed by atoms with Gasteiger partial charge in [-0.2, -0.15) is 0 Å². The summed E-state index contributed by atoms with van der Waals surface area (Å²) in [7, 11) is 0. The summed E-state index contributed by atoms with van der Waals surface area (Å²) in [5.74, 6) is -0.575. The van der Waals surface area contributed by atoms with Crippen LogP contribution in [0.25, 0.3) is 0 Å². The van der Waals surface area contributed by atoms with Crippen LogP contribution in [-0.4, -0.2) is 11.5 Å². The van der Waals surface area contributed by atoms with Crippen LogP contribution in [0.5, 0.6) is 0 Å². The zero-order valence-electron chi connectivity index (χ0n) is 7.31. The maximum Gasteiger partial charge on any atom is 0.269 e. The molecule has 1 rings (SSSR count). The molecule has 0 aromatic heterocycles. The number of halogens is 1. The lowest BCUT2D eigenvalue weighted by atomic mass is 10.1. The number of hydrogen-bond acceptors (Lipinski definition) is 4. The molecule has 76 valence electrons. The summed E-state index contributed by atoms with van der Waals surface area (Å²) >= 11 is 0. The Labute approximate surface area is 79.7 Å². The number of nitro groups is 1. The molecule has 0 amide bonds. The van der Waals surface area contributed by atoms with Crippen LogP contribution in [0, 0.1) is 15.9 Å². The van der Waals surface area contributed by atoms with Gasteiger partial charge in [0.25, 0.3) is 5.69 Å². The van der Waals surface area contributed by atoms with Gasteiger partial charge in [0.2, 0.25) is 0 Å². The number of rotatable bonds is 3. The third-order valence-electron chi connectivity index (χ3n) is 1.84. The Morgan fingerprint density at radius 3 is 2.71 bits per heavy atom. The van der Waals surface area contributed by atoms with Gasteiger partial charge >= 0.3 is 0 Å². The number of nitrogens with zero attached hydrogens (tertiary/aromatic N) is 1. The largest absolute Gasteiger partial charge is 0.329 e. The third kappa shape index (κ3) is 2.04. The second kappa shape index (κ2) is 4.12. The quantitative estimate of drug-likeness (QED) is 0.553. The first-order valence-corrected chi connectivity index (χ1v) is 3.95. The first kappa shape index (κ1) is 10.6. The van der Waals surface area contributed by atoms with Gasteiger partial charge in [-0.05, 0) is 6.07 Å². The maximum absolute atomic E-state index is 13.1. The van der Waals surface area contributed by atoms with Crippen LogP contribution < -0.4 is 11.5 Å². The van der Waals surface area contributed by atoms with Crippen molar-refractivity contribution < 1.29 is 9.31 Å². The highest BCUT2D eigenvalue weighted by Gasteiger charge is 2.14. The molecule has 0 aliphatic heterocycles. The summed E-state index contributed by atoms with van der Waals surface area (Å²) in [6, 6.07) is 2.49. The molecule has 1 aromatic carbocycles. The number of nitrogens with two attached hydrogens (primary N) is 2. The summed E-state index contributed by atoms with van der Waals surface area (Å²) < 4.78 is 13.1. The molecule has 6 heteroatoms. The minimum Gasteiger partial charge on any atom is -0.329 e. The molecule has 0 bridgehead atoms. The van der Waals surface area contributed by atoms with Crippen LogP contribution in [0.2, 0.25) is 0 Å². The summed E-state index contributed by atoms with van der Waals surface area (Å²) in [6.07, 6.45) is 0. The van der Waals surface area contributed by atoms with Crippen molar-refractivity contribution in [2.45, 2.75) is 6.04 Å². The normalized spacial score (nSPS) is 12.5. The fourth-order valence-electron chi connectivity index (χ4n) is 1.06. The van der Waals surface area contributed by atoms with Crippen LogP contribution in [0.4, 0.5) is 10.1 Å². The number of hydrogen-bond donors (Lipinski definition) is 2. The summed E-state index contributed by atoms with van der Waals surface area (Å²) in [5.41, 5.74) is 10.6. The van der Waals surface area contributed by atoms with Crippen LogP contribution in [0.3, 0.4) is 0 Å². The molecule has 1 unspecified atom stereocenters. The average Bonchev–Trinajstić information content (AvgIpc) is 2.17. The van der Waals surface area contributed by atoms with Crippen molar-refractivity contribution in [3.05, 3.63) is 39.7 Å². The lowest BCUT2D eigenvalue weighted by molar-refractivity contribution is -0.385. The van der Waals surface area contributed by atoms with Crippen LogP contribution >= 0.6 is 0 Å². The maximum atomic E-state index is 13.1. The molecule has 1 atom stereocenters. The lowest BCUT2D eigenvalue weighted by Gasteiger charge is -2.09. The van der Waals surface area contributed by atoms with Gasteiger partial charge in [-0.1, -0.05) is 0 Å². The standard InChI is InChI=1S/C8H10FN3O2/c9-7-2-1-5(12(13)14)3-6(7)8(11)4-10/h1-3,8H,4,10-11H2. The van der Waals surface area contributed by atoms with Crippen LogP contribution in [-0.2, 0) is 0 Å². The monoisotopic (exact) mass is 199 g/mol. The van der Waals surface area contributed by atoms with E-state index in [1.807, 2.05) is 0 Å². The van der Waals surface area contributed by atoms with Crippen molar-refractivity contribution in [1.82, 2.24) is 0 Å². The third-order valence-corrected chi connectivity index (χ3v) is 1.84. The van der Waals surface area contributed by atoms with Crippen molar-refractivity contribution >= 4 is 5.69 Å². The minimum absolute atomic E-state index is 0.0398. The van der Waals surface area contributed by atoms with Crippen LogP contribution in [0.1, 0.15) is 11.6 Å². The lowest BCUT2D eigenvalue weighted by Crippen LogP contribution is -2.21. The topological polar surface area (TPSA) is 95.2 Å². The Kier molecular flexibility index (Phi) is 3.10. The molecule has 0 spiro atoms. The van der Waals surface area contributed by atoms with Gasteiger partial charge in [0.05, 0.1) is 4.92 Å². The second-order valence-corrected chi connectivity index (χ2v) is 2.81. The molecule has 0 aliphatic rings. The molecule has 1 aromatic rings. The predicted octanol–water partition coefficient (Wildman–Crippen LogP) is 0.692. The Morgan fingerprint density at radius 2 is 2.21 bits per heavy atom. The molecular weight excluding hydrogens is 189 g/mol. The van der Waals surface area contributed by atoms with Crippen molar-refractivity contribution in [2.75, 3.05) is 6.54 Å². The zero-order chi connectivity index (χ0) is 10.7. The molecule has 4 N–H and O–H groups in total. The van der Waals surface area contributed by atoms with Gasteiger partial charge in [-0.3, -0.25) is 10.1 Å². The highest BCUT2D eigenvalue weighted by atomic mass is 19.1. The number of non-ortho nitro benzene ring substituents is 1. The van der Waals surface area contributed by atoms with E-state index in [4.69, 9.17) is 11.5 Å². The van der Waals surface area contributed by atoms with E-state index in [1.54, 1.807) is 0 Å². The fourth-order valence-corrected chi connectivity index (χ4v) is 1.06. The van der Waals surface area contributed by atoms with Gasteiger partial charge in [0, 0.05) is 30.3 Å². The van der Waals surface area contributed by atoms with Crippen molar-refractivity contribution in [3.8, 4) is 0 Å². The number of nitro benzene ring substituents is 1. The molecular formula is C8H10FN3O2. The van der Waals surface area contributed by atoms with Gasteiger partial charge in [-0.15, -0.1) is 0 Å². The highest BCUT2D eigenvalue weighted by molar-refractivity contribution is 5.36. The summed E-state index contributed by atoms with van der Waals surface area (Å²) in [6.45, 7) is 0.0398. The van der Waals surface area contributed by atoms with E-state index in [0.29, 0.717) is 0 Å². The minimum atomic E-state index is -0.713. The van der Waals surface area contributed by atoms with E-state index < -0.39 is 16.8 Å². The first-order valence-electron chi connectivity index (χ1n) is 3.95. The van der Waals surface area contributed by atoms with Gasteiger partial charge in [-0.25, -0.2) is 4.39 Å². The van der Waals surface area contributed by atoms with E-state index in [1.165, 1.54) is 0 Å². The molecule has 0 heterocycles. The van der Waals surface area contributed by atoms with Gasteiger partial charge < -0.3 is 11.5 Å². The molecule has 0 saturated heterocycles. The molecule has 5 nitrogen and oxygen atoms in total. The zero-order valence-corrected chi connectivity index (χ0v) is 7.31. The smallest absolute Gasteiger partial charge is 0.269 e. The van der Waals surface area contributed by atoms with E-state index in [-0.39, 0.29) is 17.8 Å². The molecule has 0 radical (unpaired) electrons. The molecule has 0 fully saturated rings.